The van der Waals surface area contributed by atoms with Crippen molar-refractivity contribution in [3.8, 4) is 0 Å². The number of rotatable bonds is 2. The number of aliphatic hydroxyl groups is 1. The van der Waals surface area contributed by atoms with Gasteiger partial charge in [0.25, 0.3) is 5.72 Å². The summed E-state index contributed by atoms with van der Waals surface area (Å²) >= 11 is 0. The van der Waals surface area contributed by atoms with Crippen molar-refractivity contribution in [3.63, 3.8) is 0 Å². The van der Waals surface area contributed by atoms with Crippen LogP contribution < -0.4 is 0 Å². The van der Waals surface area contributed by atoms with Gasteiger partial charge < -0.3 is 9.84 Å². The van der Waals surface area contributed by atoms with Gasteiger partial charge in [-0.15, -0.1) is 0 Å². The number of carbonyl (C=O) groups excluding carboxylic acids is 2. The molecule has 0 unspecified atom stereocenters. The van der Waals surface area contributed by atoms with E-state index < -0.39 is 35.8 Å². The van der Waals surface area contributed by atoms with Gasteiger partial charge in [0, 0.05) is 12.1 Å². The highest BCUT2D eigenvalue weighted by Crippen LogP contribution is 2.41. The van der Waals surface area contributed by atoms with Gasteiger partial charge in [0.05, 0.1) is 0 Å². The molecule has 1 N–H and O–H groups in total. The van der Waals surface area contributed by atoms with Gasteiger partial charge >= 0.3 is 18.1 Å². The van der Waals surface area contributed by atoms with Crippen LogP contribution in [0.4, 0.5) is 13.2 Å². The SMILES string of the molecule is CC(C)CC1=NN(C(=O)C(=O)OC(C)(C)C)[C@](O)(C(F)(F)F)C1. The maximum atomic E-state index is 13.2. The van der Waals surface area contributed by atoms with Crippen molar-refractivity contribution in [1.82, 2.24) is 5.01 Å². The fourth-order valence-corrected chi connectivity index (χ4v) is 2.05. The number of carbonyl (C=O) groups is 2. The highest BCUT2D eigenvalue weighted by molar-refractivity contribution is 6.32. The van der Waals surface area contributed by atoms with E-state index in [1.165, 1.54) is 20.8 Å². The molecular weight excluding hydrogens is 317 g/mol. The third-order valence-corrected chi connectivity index (χ3v) is 2.91. The number of hydrogen-bond acceptors (Lipinski definition) is 5. The van der Waals surface area contributed by atoms with E-state index in [2.05, 4.69) is 5.10 Å². The van der Waals surface area contributed by atoms with Gasteiger partial charge in [0.2, 0.25) is 0 Å². The molecule has 6 nitrogen and oxygen atoms in total. The minimum Gasteiger partial charge on any atom is -0.453 e. The molecule has 1 atom stereocenters. The number of alkyl halides is 3. The van der Waals surface area contributed by atoms with E-state index >= 15 is 0 Å². The van der Waals surface area contributed by atoms with E-state index in [0.717, 1.165) is 0 Å². The Morgan fingerprint density at radius 3 is 2.26 bits per heavy atom. The summed E-state index contributed by atoms with van der Waals surface area (Å²) in [5.41, 5.74) is -4.60. The zero-order valence-corrected chi connectivity index (χ0v) is 13.7. The lowest BCUT2D eigenvalue weighted by atomic mass is 9.99. The lowest BCUT2D eigenvalue weighted by Gasteiger charge is -2.32. The first-order chi connectivity index (χ1) is 10.2. The molecule has 0 aromatic rings. The second-order valence-corrected chi connectivity index (χ2v) is 6.87. The molecule has 1 heterocycles. The Kier molecular flexibility index (Phi) is 5.15. The number of halogens is 3. The van der Waals surface area contributed by atoms with E-state index in [1.54, 1.807) is 13.8 Å². The third-order valence-electron chi connectivity index (χ3n) is 2.91. The molecule has 0 fully saturated rings. The monoisotopic (exact) mass is 338 g/mol. The Labute approximate surface area is 132 Å². The van der Waals surface area contributed by atoms with Crippen LogP contribution in [0.15, 0.2) is 5.10 Å². The second-order valence-electron chi connectivity index (χ2n) is 6.87. The first-order valence-electron chi connectivity index (χ1n) is 7.10. The van der Waals surface area contributed by atoms with Crippen molar-refractivity contribution < 1.29 is 32.6 Å². The summed E-state index contributed by atoms with van der Waals surface area (Å²) in [7, 11) is 0. The Morgan fingerprint density at radius 2 is 1.87 bits per heavy atom. The molecule has 0 radical (unpaired) electrons. The van der Waals surface area contributed by atoms with Crippen LogP contribution in [0.1, 0.15) is 47.5 Å². The topological polar surface area (TPSA) is 79.2 Å². The first-order valence-corrected chi connectivity index (χ1v) is 7.10. The van der Waals surface area contributed by atoms with Crippen molar-refractivity contribution in [2.24, 2.45) is 11.0 Å². The van der Waals surface area contributed by atoms with E-state index in [-0.39, 0.29) is 23.1 Å². The lowest BCUT2D eigenvalue weighted by molar-refractivity contribution is -0.302. The molecule has 132 valence electrons. The van der Waals surface area contributed by atoms with Crippen molar-refractivity contribution in [1.29, 1.82) is 0 Å². The smallest absolute Gasteiger partial charge is 0.438 e. The Bertz CT molecular complexity index is 523. The average Bonchev–Trinajstić information content (AvgIpc) is 2.62. The molecule has 1 rings (SSSR count). The minimum absolute atomic E-state index is 0.00302. The first kappa shape index (κ1) is 19.4. The highest BCUT2D eigenvalue weighted by Gasteiger charge is 2.64. The number of nitrogens with zero attached hydrogens (tertiary/aromatic N) is 2. The van der Waals surface area contributed by atoms with Crippen LogP contribution in [0.25, 0.3) is 0 Å². The Balaban J connectivity index is 3.13. The molecular formula is C14H21F3N2O4. The van der Waals surface area contributed by atoms with Crippen molar-refractivity contribution in [2.75, 3.05) is 0 Å². The molecule has 0 aliphatic carbocycles. The number of hydrazone groups is 1. The van der Waals surface area contributed by atoms with Crippen LogP contribution in [-0.2, 0) is 14.3 Å². The van der Waals surface area contributed by atoms with Gasteiger partial charge in [-0.25, -0.2) is 4.79 Å². The molecule has 1 amide bonds. The molecule has 0 saturated heterocycles. The summed E-state index contributed by atoms with van der Waals surface area (Å²) in [6, 6.07) is 0. The largest absolute Gasteiger partial charge is 0.453 e. The summed E-state index contributed by atoms with van der Waals surface area (Å²) in [5, 5.41) is 13.3. The minimum atomic E-state index is -5.16. The highest BCUT2D eigenvalue weighted by atomic mass is 19.4. The summed E-state index contributed by atoms with van der Waals surface area (Å²) in [6.07, 6.45) is -5.88. The number of amides is 1. The molecule has 1 aliphatic rings. The summed E-state index contributed by atoms with van der Waals surface area (Å²) in [5.74, 6) is -3.18. The van der Waals surface area contributed by atoms with Crippen LogP contribution in [-0.4, -0.2) is 45.2 Å². The molecule has 9 heteroatoms. The van der Waals surface area contributed by atoms with Crippen molar-refractivity contribution in [3.05, 3.63) is 0 Å². The van der Waals surface area contributed by atoms with Gasteiger partial charge in [-0.05, 0) is 33.1 Å². The summed E-state index contributed by atoms with van der Waals surface area (Å²) in [4.78, 5) is 23.7. The summed E-state index contributed by atoms with van der Waals surface area (Å²) in [6.45, 7) is 7.91. The fourth-order valence-electron chi connectivity index (χ4n) is 2.05. The van der Waals surface area contributed by atoms with Gasteiger partial charge in [-0.1, -0.05) is 13.8 Å². The predicted molar refractivity (Wildman–Crippen MR) is 75.2 cm³/mol. The Hall–Kier alpha value is -1.64. The zero-order chi connectivity index (χ0) is 18.2. The molecule has 0 aromatic heterocycles. The van der Waals surface area contributed by atoms with Gasteiger partial charge in [0.15, 0.2) is 0 Å². The maximum Gasteiger partial charge on any atom is 0.438 e. The molecule has 0 bridgehead atoms. The van der Waals surface area contributed by atoms with Crippen molar-refractivity contribution in [2.45, 2.75) is 65.0 Å². The third kappa shape index (κ3) is 4.43. The van der Waals surface area contributed by atoms with E-state index in [4.69, 9.17) is 4.74 Å². The van der Waals surface area contributed by atoms with Gasteiger partial charge in [0.1, 0.15) is 5.60 Å². The fraction of sp³-hybridized carbons (Fsp3) is 0.786. The normalized spacial score (nSPS) is 22.3. The molecule has 23 heavy (non-hydrogen) atoms. The van der Waals surface area contributed by atoms with Crippen molar-refractivity contribution >= 4 is 17.6 Å². The lowest BCUT2D eigenvalue weighted by Crippen LogP contribution is -2.58. The van der Waals surface area contributed by atoms with E-state index in [1.807, 2.05) is 0 Å². The van der Waals surface area contributed by atoms with E-state index in [9.17, 15) is 27.9 Å². The van der Waals surface area contributed by atoms with Crippen LogP contribution in [0.5, 0.6) is 0 Å². The zero-order valence-electron chi connectivity index (χ0n) is 13.7. The predicted octanol–water partition coefficient (Wildman–Crippen LogP) is 2.21. The molecule has 0 saturated carbocycles. The number of esters is 1. The molecule has 0 spiro atoms. The number of ether oxygens (including phenoxy) is 1. The van der Waals surface area contributed by atoms with Crippen LogP contribution in [0.3, 0.4) is 0 Å². The molecule has 1 aliphatic heterocycles. The van der Waals surface area contributed by atoms with Gasteiger partial charge in [-0.3, -0.25) is 4.79 Å². The van der Waals surface area contributed by atoms with Gasteiger partial charge in [-0.2, -0.15) is 23.3 Å². The van der Waals surface area contributed by atoms with Crippen LogP contribution in [0.2, 0.25) is 0 Å². The number of hydrogen-bond donors (Lipinski definition) is 1. The average molecular weight is 338 g/mol. The Morgan fingerprint density at radius 1 is 1.35 bits per heavy atom. The summed E-state index contributed by atoms with van der Waals surface area (Å²) < 4.78 is 44.4. The maximum absolute atomic E-state index is 13.2. The quantitative estimate of drug-likeness (QED) is 0.618. The second kappa shape index (κ2) is 6.10. The van der Waals surface area contributed by atoms with Crippen LogP contribution >= 0.6 is 0 Å². The van der Waals surface area contributed by atoms with Crippen LogP contribution in [0, 0.1) is 5.92 Å². The van der Waals surface area contributed by atoms with E-state index in [0.29, 0.717) is 0 Å². The standard InChI is InChI=1S/C14H21F3N2O4/c1-8(2)6-9-7-13(22,14(15,16)17)19(18-9)10(20)11(21)23-12(3,4)5/h8,22H,6-7H2,1-5H3/t13-/m1/s1. The molecule has 0 aromatic carbocycles.